The average Bonchev–Trinajstić information content (AvgIpc) is 3.65. The number of rotatable bonds is 35. The van der Waals surface area contributed by atoms with E-state index in [1.54, 1.807) is 4.90 Å². The Hall–Kier alpha value is -2.09. The third-order valence-electron chi connectivity index (χ3n) is 17.8. The van der Waals surface area contributed by atoms with Crippen LogP contribution in [0.1, 0.15) is 253 Å². The van der Waals surface area contributed by atoms with Gasteiger partial charge in [-0.1, -0.05) is 175 Å². The van der Waals surface area contributed by atoms with E-state index in [-0.39, 0.29) is 36.0 Å². The lowest BCUT2D eigenvalue weighted by molar-refractivity contribution is -0.122. The topological polar surface area (TPSA) is 114 Å². The van der Waals surface area contributed by atoms with Crippen LogP contribution in [-0.2, 0) is 14.3 Å². The normalized spacial score (nSPS) is 26.2. The summed E-state index contributed by atoms with van der Waals surface area (Å²) in [6.45, 7) is 17.4. The molecule has 8 atom stereocenters. The van der Waals surface area contributed by atoms with Crippen molar-refractivity contribution in [1.29, 1.82) is 0 Å². The smallest absolute Gasteiger partial charge is 0.410 e. The fourth-order valence-corrected chi connectivity index (χ4v) is 13.7. The van der Waals surface area contributed by atoms with Gasteiger partial charge in [0.15, 0.2) is 0 Å². The van der Waals surface area contributed by atoms with Gasteiger partial charge in [0.2, 0.25) is 11.8 Å². The molecule has 382 valence electrons. The van der Waals surface area contributed by atoms with Crippen molar-refractivity contribution in [2.24, 2.45) is 52.1 Å². The maximum Gasteiger partial charge on any atom is 0.410 e. The van der Waals surface area contributed by atoms with E-state index in [4.69, 9.17) is 10.5 Å². The molecule has 0 bridgehead atoms. The van der Waals surface area contributed by atoms with Crippen LogP contribution < -0.4 is 16.4 Å². The molecular weight excluding hydrogens is 817 g/mol. The molecule has 0 radical (unpaired) electrons. The van der Waals surface area contributed by atoms with E-state index in [1.165, 1.54) is 128 Å². The highest BCUT2D eigenvalue weighted by molar-refractivity contribution is 5.82. The minimum absolute atomic E-state index is 0.0330. The number of ether oxygens (including phenoxy) is 1. The lowest BCUT2D eigenvalue weighted by atomic mass is 9.47. The summed E-state index contributed by atoms with van der Waals surface area (Å²) in [5.41, 5.74) is 7.86. The number of amides is 3. The fourth-order valence-electron chi connectivity index (χ4n) is 13.7. The number of hydrogen-bond acceptors (Lipinski definition) is 5. The zero-order chi connectivity index (χ0) is 47.6. The van der Waals surface area contributed by atoms with Crippen LogP contribution in [0, 0.1) is 46.3 Å². The van der Waals surface area contributed by atoms with Crippen molar-refractivity contribution in [1.82, 2.24) is 15.5 Å². The highest BCUT2D eigenvalue weighted by Crippen LogP contribution is 2.67. The fraction of sp³-hybridized carbons (Fsp3) is 0.914. The highest BCUT2D eigenvalue weighted by atomic mass is 16.6. The van der Waals surface area contributed by atoms with Crippen molar-refractivity contribution < 1.29 is 19.1 Å². The molecule has 0 aromatic carbocycles. The lowest BCUT2D eigenvalue weighted by Gasteiger charge is -2.58. The standard InChI is InChI=1S/C58H106N4O4/c1-7-8-9-10-11-12-13-14-15-16-17-18-23-31-54(63)60-41-26-21-22-27-43-62(45-55(64)61-42-25-20-19-24-40-59)56(65)66-49-36-38-57(5)48(44-49)32-33-50-52-35-34-51(47(4)30-28-29-46(2)3)58(52,6)39-37-53(50)57/h32,46-47,49-53H,7-31,33-45,59H2,1-6H3,(H,60,63)(H,61,64)/t47-,49+,50+,51-,52+,53+,57+,58-/m1/s1. The number of nitrogens with zero attached hydrogens (tertiary/aromatic N) is 1. The van der Waals surface area contributed by atoms with E-state index in [9.17, 15) is 14.4 Å². The summed E-state index contributed by atoms with van der Waals surface area (Å²) in [6, 6.07) is 0. The molecule has 3 fully saturated rings. The molecular formula is C58H106N4O4. The predicted octanol–water partition coefficient (Wildman–Crippen LogP) is 14.6. The van der Waals surface area contributed by atoms with E-state index in [1.807, 2.05) is 0 Å². The average molecular weight is 924 g/mol. The first kappa shape index (κ1) is 56.5. The predicted molar refractivity (Wildman–Crippen MR) is 277 cm³/mol. The summed E-state index contributed by atoms with van der Waals surface area (Å²) in [6.07, 6.45) is 41.1. The molecule has 0 saturated heterocycles. The number of nitrogens with one attached hydrogen (secondary N) is 2. The van der Waals surface area contributed by atoms with Gasteiger partial charge in [0.05, 0.1) is 0 Å². The summed E-state index contributed by atoms with van der Waals surface area (Å²) in [5.74, 6) is 4.90. The van der Waals surface area contributed by atoms with Crippen molar-refractivity contribution in [2.45, 2.75) is 260 Å². The number of hydrogen-bond donors (Lipinski definition) is 3. The van der Waals surface area contributed by atoms with Gasteiger partial charge in [-0.3, -0.25) is 14.5 Å². The second-order valence-electron chi connectivity index (χ2n) is 23.3. The number of nitrogens with two attached hydrogens (primary N) is 1. The molecule has 4 N–H and O–H groups in total. The molecule has 4 aliphatic rings. The van der Waals surface area contributed by atoms with Crippen molar-refractivity contribution in [2.75, 3.05) is 32.7 Å². The van der Waals surface area contributed by atoms with Gasteiger partial charge in [-0.2, -0.15) is 0 Å². The Morgan fingerprint density at radius 2 is 1.30 bits per heavy atom. The van der Waals surface area contributed by atoms with E-state index < -0.39 is 0 Å². The van der Waals surface area contributed by atoms with E-state index in [0.29, 0.717) is 38.0 Å². The van der Waals surface area contributed by atoms with Crippen LogP contribution >= 0.6 is 0 Å². The minimum atomic E-state index is -0.343. The maximum absolute atomic E-state index is 13.9. The third-order valence-corrected chi connectivity index (χ3v) is 17.8. The summed E-state index contributed by atoms with van der Waals surface area (Å²) >= 11 is 0. The molecule has 0 aromatic heterocycles. The van der Waals surface area contributed by atoms with Crippen LogP contribution in [0.5, 0.6) is 0 Å². The monoisotopic (exact) mass is 923 g/mol. The molecule has 66 heavy (non-hydrogen) atoms. The Balaban J connectivity index is 1.17. The molecule has 8 heteroatoms. The van der Waals surface area contributed by atoms with Crippen molar-refractivity contribution >= 4 is 17.9 Å². The largest absolute Gasteiger partial charge is 0.446 e. The Morgan fingerprint density at radius 1 is 0.697 bits per heavy atom. The van der Waals surface area contributed by atoms with Gasteiger partial charge >= 0.3 is 6.09 Å². The second-order valence-corrected chi connectivity index (χ2v) is 23.3. The van der Waals surface area contributed by atoms with Gasteiger partial charge in [0, 0.05) is 32.5 Å². The van der Waals surface area contributed by atoms with Gasteiger partial charge in [0.25, 0.3) is 0 Å². The van der Waals surface area contributed by atoms with Gasteiger partial charge in [0.1, 0.15) is 12.6 Å². The number of allylic oxidation sites excluding steroid dienone is 1. The second kappa shape index (κ2) is 31.2. The molecule has 8 nitrogen and oxygen atoms in total. The van der Waals surface area contributed by atoms with Crippen LogP contribution in [-0.4, -0.2) is 61.6 Å². The lowest BCUT2D eigenvalue weighted by Crippen LogP contribution is -2.51. The van der Waals surface area contributed by atoms with E-state index >= 15 is 0 Å². The van der Waals surface area contributed by atoms with Crippen molar-refractivity contribution in [3.8, 4) is 0 Å². The van der Waals surface area contributed by atoms with Crippen LogP contribution in [0.15, 0.2) is 11.6 Å². The number of carbonyl (C=O) groups is 3. The van der Waals surface area contributed by atoms with Crippen LogP contribution in [0.2, 0.25) is 0 Å². The molecule has 4 rings (SSSR count). The SMILES string of the molecule is CCCCCCCCCCCCCCCC(=O)NCCCCCCN(CC(=O)NCCCCCCN)C(=O)O[C@H]1CC[C@@]2(C)C(=CC[C@H]3[C@@H]4CC[C@H]([C@H](C)CCCC(C)C)[C@@]4(C)CC[C@@H]32)C1. The maximum atomic E-state index is 13.9. The molecule has 3 saturated carbocycles. The third kappa shape index (κ3) is 18.7. The molecule has 0 heterocycles. The first-order valence-electron chi connectivity index (χ1n) is 28.8. The summed E-state index contributed by atoms with van der Waals surface area (Å²) in [5, 5.41) is 6.18. The summed E-state index contributed by atoms with van der Waals surface area (Å²) in [4.78, 5) is 41.2. The molecule has 4 aliphatic carbocycles. The van der Waals surface area contributed by atoms with Gasteiger partial charge in [-0.25, -0.2) is 4.79 Å². The Bertz CT molecular complexity index is 1400. The molecule has 0 unspecified atom stereocenters. The van der Waals surface area contributed by atoms with Crippen molar-refractivity contribution in [3.05, 3.63) is 11.6 Å². The summed E-state index contributed by atoms with van der Waals surface area (Å²) in [7, 11) is 0. The molecule has 0 aromatic rings. The quantitative estimate of drug-likeness (QED) is 0.0433. The highest BCUT2D eigenvalue weighted by Gasteiger charge is 2.59. The molecule has 0 spiro atoms. The van der Waals surface area contributed by atoms with Gasteiger partial charge < -0.3 is 21.1 Å². The van der Waals surface area contributed by atoms with Gasteiger partial charge in [-0.05, 0) is 130 Å². The van der Waals surface area contributed by atoms with Crippen LogP contribution in [0.3, 0.4) is 0 Å². The molecule has 3 amide bonds. The molecule has 0 aliphatic heterocycles. The van der Waals surface area contributed by atoms with E-state index in [0.717, 1.165) is 119 Å². The zero-order valence-electron chi connectivity index (χ0n) is 44.1. The van der Waals surface area contributed by atoms with Crippen LogP contribution in [0.4, 0.5) is 4.79 Å². The Kier molecular flexibility index (Phi) is 26.7. The number of unbranched alkanes of at least 4 members (excludes halogenated alkanes) is 18. The minimum Gasteiger partial charge on any atom is -0.446 e. The number of carbonyl (C=O) groups excluding carboxylic acids is 3. The van der Waals surface area contributed by atoms with Gasteiger partial charge in [-0.15, -0.1) is 0 Å². The first-order valence-corrected chi connectivity index (χ1v) is 28.8. The van der Waals surface area contributed by atoms with Crippen LogP contribution in [0.25, 0.3) is 0 Å². The summed E-state index contributed by atoms with van der Waals surface area (Å²) < 4.78 is 6.34. The van der Waals surface area contributed by atoms with E-state index in [2.05, 4.69) is 58.3 Å². The van der Waals surface area contributed by atoms with Crippen molar-refractivity contribution in [3.63, 3.8) is 0 Å². The Labute approximate surface area is 407 Å². The Morgan fingerprint density at radius 3 is 1.95 bits per heavy atom. The first-order chi connectivity index (χ1) is 31.9. The zero-order valence-corrected chi connectivity index (χ0v) is 44.1. The number of fused-ring (bicyclic) bond motifs is 5.